The van der Waals surface area contributed by atoms with Gasteiger partial charge in [0.15, 0.2) is 0 Å². The maximum absolute atomic E-state index is 10.9. The van der Waals surface area contributed by atoms with Crippen molar-refractivity contribution < 1.29 is 10.2 Å². The fourth-order valence-electron chi connectivity index (χ4n) is 3.22. The number of rotatable bonds is 3. The van der Waals surface area contributed by atoms with E-state index in [-0.39, 0.29) is 10.8 Å². The third-order valence-corrected chi connectivity index (χ3v) is 4.47. The van der Waals surface area contributed by atoms with E-state index in [1.54, 1.807) is 0 Å². The summed E-state index contributed by atoms with van der Waals surface area (Å²) in [5.41, 5.74) is 3.51. The van der Waals surface area contributed by atoms with Crippen LogP contribution < -0.4 is 0 Å². The zero-order valence-electron chi connectivity index (χ0n) is 15.7. The lowest BCUT2D eigenvalue weighted by Crippen LogP contribution is -2.22. The standard InChI is InChI=1S/C22H30O2/c1-21(2,3)17-13-9-7-11-15(17)19(23)20(24)16-12-8-10-14-18(16)22(4,5)6/h7-14,19-20,23-24H,1-6H3. The van der Waals surface area contributed by atoms with E-state index in [0.29, 0.717) is 0 Å². The molecule has 0 heterocycles. The Hall–Kier alpha value is -1.64. The summed E-state index contributed by atoms with van der Waals surface area (Å²) in [6.45, 7) is 12.7. The minimum absolute atomic E-state index is 0.0964. The van der Waals surface area contributed by atoms with Crippen molar-refractivity contribution >= 4 is 0 Å². The minimum atomic E-state index is -0.955. The Morgan fingerprint density at radius 1 is 0.583 bits per heavy atom. The Bertz CT molecular complexity index is 628. The first kappa shape index (κ1) is 18.7. The maximum atomic E-state index is 10.9. The van der Waals surface area contributed by atoms with Crippen LogP contribution in [0.4, 0.5) is 0 Å². The maximum Gasteiger partial charge on any atom is 0.109 e. The fraction of sp³-hybridized carbons (Fsp3) is 0.455. The summed E-state index contributed by atoms with van der Waals surface area (Å²) in [5, 5.41) is 21.9. The number of hydrogen-bond acceptors (Lipinski definition) is 2. The molecule has 2 aromatic carbocycles. The Kier molecular flexibility index (Phi) is 5.22. The van der Waals surface area contributed by atoms with E-state index in [1.165, 1.54) is 0 Å². The van der Waals surface area contributed by atoms with Crippen molar-refractivity contribution in [3.8, 4) is 0 Å². The van der Waals surface area contributed by atoms with Crippen LogP contribution in [0.25, 0.3) is 0 Å². The zero-order chi connectivity index (χ0) is 18.1. The van der Waals surface area contributed by atoms with Crippen LogP contribution >= 0.6 is 0 Å². The highest BCUT2D eigenvalue weighted by Gasteiger charge is 2.29. The summed E-state index contributed by atoms with van der Waals surface area (Å²) in [7, 11) is 0. The molecule has 0 aliphatic heterocycles. The van der Waals surface area contributed by atoms with Gasteiger partial charge in [-0.3, -0.25) is 0 Å². The van der Waals surface area contributed by atoms with Crippen molar-refractivity contribution in [1.82, 2.24) is 0 Å². The number of benzene rings is 2. The fourth-order valence-corrected chi connectivity index (χ4v) is 3.22. The van der Waals surface area contributed by atoms with Crippen molar-refractivity contribution in [2.45, 2.75) is 64.6 Å². The van der Waals surface area contributed by atoms with Crippen molar-refractivity contribution in [1.29, 1.82) is 0 Å². The summed E-state index contributed by atoms with van der Waals surface area (Å²) in [4.78, 5) is 0. The van der Waals surface area contributed by atoms with E-state index in [0.717, 1.165) is 22.3 Å². The van der Waals surface area contributed by atoms with Crippen LogP contribution in [-0.4, -0.2) is 10.2 Å². The van der Waals surface area contributed by atoms with Crippen molar-refractivity contribution in [2.24, 2.45) is 0 Å². The normalized spacial score (nSPS) is 15.2. The highest BCUT2D eigenvalue weighted by Crippen LogP contribution is 2.38. The SMILES string of the molecule is CC(C)(C)c1ccccc1C(O)C(O)c1ccccc1C(C)(C)C. The molecule has 2 N–H and O–H groups in total. The van der Waals surface area contributed by atoms with Gasteiger partial charge in [0, 0.05) is 0 Å². The lowest BCUT2D eigenvalue weighted by atomic mass is 9.78. The largest absolute Gasteiger partial charge is 0.385 e. The van der Waals surface area contributed by atoms with Crippen LogP contribution in [0.2, 0.25) is 0 Å². The number of hydrogen-bond donors (Lipinski definition) is 2. The van der Waals surface area contributed by atoms with Crippen LogP contribution in [0.15, 0.2) is 48.5 Å². The Labute approximate surface area is 146 Å². The summed E-state index contributed by atoms with van der Waals surface area (Å²) in [5.74, 6) is 0. The molecule has 0 amide bonds. The second kappa shape index (κ2) is 6.70. The highest BCUT2D eigenvalue weighted by atomic mass is 16.3. The van der Waals surface area contributed by atoms with E-state index < -0.39 is 12.2 Å². The van der Waals surface area contributed by atoms with E-state index in [1.807, 2.05) is 48.5 Å². The van der Waals surface area contributed by atoms with Crippen LogP contribution in [0.5, 0.6) is 0 Å². The molecule has 0 aliphatic carbocycles. The van der Waals surface area contributed by atoms with E-state index in [9.17, 15) is 10.2 Å². The topological polar surface area (TPSA) is 40.5 Å². The molecule has 2 atom stereocenters. The monoisotopic (exact) mass is 326 g/mol. The molecular weight excluding hydrogens is 296 g/mol. The van der Waals surface area contributed by atoms with Gasteiger partial charge in [0.25, 0.3) is 0 Å². The highest BCUT2D eigenvalue weighted by molar-refractivity contribution is 5.39. The Morgan fingerprint density at radius 3 is 1.17 bits per heavy atom. The molecule has 2 heteroatoms. The molecule has 0 bridgehead atoms. The van der Waals surface area contributed by atoms with Crippen LogP contribution in [-0.2, 0) is 10.8 Å². The first-order chi connectivity index (χ1) is 11.0. The molecule has 0 saturated heterocycles. The second-order valence-corrected chi connectivity index (χ2v) is 8.56. The number of aliphatic hydroxyl groups is 2. The summed E-state index contributed by atoms with van der Waals surface area (Å²) >= 11 is 0. The number of aliphatic hydroxyl groups excluding tert-OH is 2. The first-order valence-electron chi connectivity index (χ1n) is 8.58. The molecule has 24 heavy (non-hydrogen) atoms. The molecule has 2 nitrogen and oxygen atoms in total. The Morgan fingerprint density at radius 2 is 0.875 bits per heavy atom. The average Bonchev–Trinajstić information content (AvgIpc) is 2.52. The van der Waals surface area contributed by atoms with Crippen LogP contribution in [0, 0.1) is 0 Å². The van der Waals surface area contributed by atoms with Gasteiger partial charge in [-0.15, -0.1) is 0 Å². The van der Waals surface area contributed by atoms with Crippen molar-refractivity contribution in [3.63, 3.8) is 0 Å². The lowest BCUT2D eigenvalue weighted by Gasteiger charge is -2.30. The van der Waals surface area contributed by atoms with Crippen LogP contribution in [0.3, 0.4) is 0 Å². The van der Waals surface area contributed by atoms with E-state index in [2.05, 4.69) is 41.5 Å². The second-order valence-electron chi connectivity index (χ2n) is 8.56. The third-order valence-electron chi connectivity index (χ3n) is 4.47. The summed E-state index contributed by atoms with van der Waals surface area (Å²) < 4.78 is 0. The molecule has 0 aromatic heterocycles. The predicted octanol–water partition coefficient (Wildman–Crippen LogP) is 5.05. The molecule has 0 spiro atoms. The van der Waals surface area contributed by atoms with Gasteiger partial charge in [-0.05, 0) is 33.1 Å². The summed E-state index contributed by atoms with van der Waals surface area (Å²) in [6, 6.07) is 15.7. The molecule has 0 saturated carbocycles. The zero-order valence-corrected chi connectivity index (χ0v) is 15.7. The van der Waals surface area contributed by atoms with Gasteiger partial charge in [0.1, 0.15) is 12.2 Å². The van der Waals surface area contributed by atoms with Crippen molar-refractivity contribution in [2.75, 3.05) is 0 Å². The van der Waals surface area contributed by atoms with E-state index in [4.69, 9.17) is 0 Å². The van der Waals surface area contributed by atoms with Crippen molar-refractivity contribution in [3.05, 3.63) is 70.8 Å². The predicted molar refractivity (Wildman–Crippen MR) is 100 cm³/mol. The quantitative estimate of drug-likeness (QED) is 0.828. The van der Waals surface area contributed by atoms with Gasteiger partial charge in [-0.1, -0.05) is 90.1 Å². The van der Waals surface area contributed by atoms with E-state index >= 15 is 0 Å². The minimum Gasteiger partial charge on any atom is -0.385 e. The van der Waals surface area contributed by atoms with Gasteiger partial charge in [0.2, 0.25) is 0 Å². The van der Waals surface area contributed by atoms with Gasteiger partial charge in [-0.2, -0.15) is 0 Å². The molecule has 2 rings (SSSR count). The molecule has 2 unspecified atom stereocenters. The van der Waals surface area contributed by atoms with Crippen LogP contribution in [0.1, 0.15) is 76.0 Å². The Balaban J connectivity index is 2.48. The molecule has 0 radical (unpaired) electrons. The molecule has 130 valence electrons. The third kappa shape index (κ3) is 3.88. The average molecular weight is 326 g/mol. The molecular formula is C22H30O2. The van der Waals surface area contributed by atoms with Gasteiger partial charge in [0.05, 0.1) is 0 Å². The molecule has 2 aromatic rings. The summed E-state index contributed by atoms with van der Waals surface area (Å²) in [6.07, 6.45) is -1.91. The van der Waals surface area contributed by atoms with Gasteiger partial charge >= 0.3 is 0 Å². The lowest BCUT2D eigenvalue weighted by molar-refractivity contribution is 0.0152. The smallest absolute Gasteiger partial charge is 0.109 e. The molecule has 0 aliphatic rings. The van der Waals surface area contributed by atoms with Gasteiger partial charge < -0.3 is 10.2 Å². The first-order valence-corrected chi connectivity index (χ1v) is 8.58. The van der Waals surface area contributed by atoms with Gasteiger partial charge in [-0.25, -0.2) is 0 Å². The molecule has 0 fully saturated rings.